The number of hydrogen-bond donors (Lipinski definition) is 0. The summed E-state index contributed by atoms with van der Waals surface area (Å²) >= 11 is 0. The number of rotatable bonds is 3. The minimum absolute atomic E-state index is 0.278. The minimum Gasteiger partial charge on any atom is -0.303 e. The van der Waals surface area contributed by atoms with Gasteiger partial charge in [0.05, 0.1) is 0 Å². The van der Waals surface area contributed by atoms with Gasteiger partial charge in [-0.1, -0.05) is 6.08 Å². The maximum atomic E-state index is 10.3. The number of hydrogen-bond acceptors (Lipinski definition) is 2. The monoisotopic (exact) mass is 139 g/mol. The predicted octanol–water partition coefficient (Wildman–Crippen LogP) is 0.693. The zero-order chi connectivity index (χ0) is 7.40. The van der Waals surface area contributed by atoms with Gasteiger partial charge in [-0.2, -0.15) is 0 Å². The molecule has 0 spiro atoms. The van der Waals surface area contributed by atoms with Gasteiger partial charge in [0.1, 0.15) is 6.29 Å². The summed E-state index contributed by atoms with van der Waals surface area (Å²) in [4.78, 5) is 12.5. The molecule has 0 unspecified atom stereocenters. The molecule has 1 heterocycles. The largest absolute Gasteiger partial charge is 0.303 e. The van der Waals surface area contributed by atoms with Crippen molar-refractivity contribution in [2.24, 2.45) is 5.92 Å². The molecule has 56 valence electrons. The lowest BCUT2D eigenvalue weighted by molar-refractivity contribution is -0.110. The van der Waals surface area contributed by atoms with Crippen molar-refractivity contribution < 1.29 is 4.79 Å². The number of carbonyl (C=O) groups is 1. The van der Waals surface area contributed by atoms with Crippen molar-refractivity contribution in [3.8, 4) is 0 Å². The first-order chi connectivity index (χ1) is 4.86. The highest BCUT2D eigenvalue weighted by molar-refractivity contribution is 5.54. The Morgan fingerprint density at radius 3 is 3.00 bits per heavy atom. The quantitative estimate of drug-likeness (QED) is 0.423. The van der Waals surface area contributed by atoms with E-state index < -0.39 is 0 Å². The molecule has 1 saturated heterocycles. The van der Waals surface area contributed by atoms with Crippen LogP contribution in [0.4, 0.5) is 0 Å². The standard InChI is InChI=1S/C8H13NO/c1-2-4-9-5-3-8(6-9)7-10/h2,7-8H,1,3-6H2/t8-/m0/s1. The third kappa shape index (κ3) is 1.67. The molecule has 1 atom stereocenters. The molecule has 0 N–H and O–H groups in total. The summed E-state index contributed by atoms with van der Waals surface area (Å²) in [5.41, 5.74) is 0. The number of carbonyl (C=O) groups excluding carboxylic acids is 1. The Bertz CT molecular complexity index is 133. The second-order valence-electron chi connectivity index (χ2n) is 2.73. The van der Waals surface area contributed by atoms with E-state index in [2.05, 4.69) is 11.5 Å². The molecular formula is C8H13NO. The van der Waals surface area contributed by atoms with E-state index in [0.29, 0.717) is 0 Å². The maximum absolute atomic E-state index is 10.3. The fourth-order valence-corrected chi connectivity index (χ4v) is 1.32. The van der Waals surface area contributed by atoms with Crippen LogP contribution >= 0.6 is 0 Å². The van der Waals surface area contributed by atoms with Gasteiger partial charge in [-0.3, -0.25) is 4.90 Å². The van der Waals surface area contributed by atoms with Gasteiger partial charge in [-0.25, -0.2) is 0 Å². The van der Waals surface area contributed by atoms with Gasteiger partial charge in [-0.15, -0.1) is 6.58 Å². The fourth-order valence-electron chi connectivity index (χ4n) is 1.32. The van der Waals surface area contributed by atoms with E-state index in [9.17, 15) is 4.79 Å². The zero-order valence-electron chi connectivity index (χ0n) is 6.12. The Kier molecular flexibility index (Phi) is 2.63. The maximum Gasteiger partial charge on any atom is 0.124 e. The molecule has 0 amide bonds. The van der Waals surface area contributed by atoms with Gasteiger partial charge in [0.15, 0.2) is 0 Å². The molecule has 2 nitrogen and oxygen atoms in total. The van der Waals surface area contributed by atoms with Crippen molar-refractivity contribution in [2.75, 3.05) is 19.6 Å². The van der Waals surface area contributed by atoms with Gasteiger partial charge in [0, 0.05) is 19.0 Å². The molecule has 1 fully saturated rings. The average molecular weight is 139 g/mol. The van der Waals surface area contributed by atoms with Crippen LogP contribution in [0.5, 0.6) is 0 Å². The van der Waals surface area contributed by atoms with Gasteiger partial charge in [0.2, 0.25) is 0 Å². The van der Waals surface area contributed by atoms with Crippen molar-refractivity contribution in [3.05, 3.63) is 12.7 Å². The topological polar surface area (TPSA) is 20.3 Å². The second-order valence-corrected chi connectivity index (χ2v) is 2.73. The Balaban J connectivity index is 2.27. The summed E-state index contributed by atoms with van der Waals surface area (Å²) in [6.45, 7) is 6.54. The number of likely N-dealkylation sites (tertiary alicyclic amines) is 1. The summed E-state index contributed by atoms with van der Waals surface area (Å²) in [7, 11) is 0. The predicted molar refractivity (Wildman–Crippen MR) is 40.8 cm³/mol. The Labute approximate surface area is 61.5 Å². The van der Waals surface area contributed by atoms with Gasteiger partial charge in [-0.05, 0) is 13.0 Å². The highest BCUT2D eigenvalue weighted by atomic mass is 16.1. The van der Waals surface area contributed by atoms with Crippen LogP contribution in [0.25, 0.3) is 0 Å². The van der Waals surface area contributed by atoms with E-state index in [1.807, 2.05) is 6.08 Å². The Hall–Kier alpha value is -0.630. The summed E-state index contributed by atoms with van der Waals surface area (Å²) in [5.74, 6) is 0.278. The van der Waals surface area contributed by atoms with Crippen molar-refractivity contribution in [1.29, 1.82) is 0 Å². The van der Waals surface area contributed by atoms with E-state index in [1.165, 1.54) is 0 Å². The summed E-state index contributed by atoms with van der Waals surface area (Å²) in [5, 5.41) is 0. The first kappa shape index (κ1) is 7.48. The van der Waals surface area contributed by atoms with Crippen LogP contribution in [0.3, 0.4) is 0 Å². The highest BCUT2D eigenvalue weighted by Gasteiger charge is 2.19. The second kappa shape index (κ2) is 3.52. The molecule has 2 heteroatoms. The van der Waals surface area contributed by atoms with Crippen molar-refractivity contribution in [2.45, 2.75) is 6.42 Å². The number of nitrogens with zero attached hydrogens (tertiary/aromatic N) is 1. The fraction of sp³-hybridized carbons (Fsp3) is 0.625. The lowest BCUT2D eigenvalue weighted by atomic mass is 10.1. The van der Waals surface area contributed by atoms with E-state index in [4.69, 9.17) is 0 Å². The Morgan fingerprint density at radius 2 is 2.50 bits per heavy atom. The third-order valence-electron chi connectivity index (χ3n) is 1.89. The van der Waals surface area contributed by atoms with E-state index in [0.717, 1.165) is 32.3 Å². The first-order valence-corrected chi connectivity index (χ1v) is 3.65. The molecule has 0 aromatic rings. The van der Waals surface area contributed by atoms with Crippen molar-refractivity contribution >= 4 is 6.29 Å². The molecule has 1 aliphatic rings. The molecular weight excluding hydrogens is 126 g/mol. The summed E-state index contributed by atoms with van der Waals surface area (Å²) < 4.78 is 0. The molecule has 0 radical (unpaired) electrons. The molecule has 0 aliphatic carbocycles. The van der Waals surface area contributed by atoms with Gasteiger partial charge >= 0.3 is 0 Å². The van der Waals surface area contributed by atoms with Gasteiger partial charge < -0.3 is 4.79 Å². The molecule has 1 aliphatic heterocycles. The molecule has 1 rings (SSSR count). The first-order valence-electron chi connectivity index (χ1n) is 3.65. The SMILES string of the molecule is C=CCN1CC[C@H](C=O)C1. The van der Waals surface area contributed by atoms with Gasteiger partial charge in [0.25, 0.3) is 0 Å². The van der Waals surface area contributed by atoms with Crippen molar-refractivity contribution in [1.82, 2.24) is 4.90 Å². The minimum atomic E-state index is 0.278. The van der Waals surface area contributed by atoms with E-state index in [-0.39, 0.29) is 5.92 Å². The van der Waals surface area contributed by atoms with Crippen LogP contribution in [0.15, 0.2) is 12.7 Å². The third-order valence-corrected chi connectivity index (χ3v) is 1.89. The molecule has 0 aromatic heterocycles. The number of aldehydes is 1. The lowest BCUT2D eigenvalue weighted by Crippen LogP contribution is -2.20. The average Bonchev–Trinajstić information content (AvgIpc) is 2.37. The molecule has 0 saturated carbocycles. The molecule has 10 heavy (non-hydrogen) atoms. The normalized spacial score (nSPS) is 26.6. The summed E-state index contributed by atoms with van der Waals surface area (Å²) in [6.07, 6.45) is 3.97. The zero-order valence-corrected chi connectivity index (χ0v) is 6.12. The highest BCUT2D eigenvalue weighted by Crippen LogP contribution is 2.12. The van der Waals surface area contributed by atoms with Crippen LogP contribution in [0, 0.1) is 5.92 Å². The van der Waals surface area contributed by atoms with Crippen LogP contribution in [-0.2, 0) is 4.79 Å². The van der Waals surface area contributed by atoms with Crippen LogP contribution < -0.4 is 0 Å². The lowest BCUT2D eigenvalue weighted by Gasteiger charge is -2.10. The van der Waals surface area contributed by atoms with E-state index in [1.54, 1.807) is 0 Å². The molecule has 0 aromatic carbocycles. The Morgan fingerprint density at radius 1 is 1.70 bits per heavy atom. The van der Waals surface area contributed by atoms with Crippen LogP contribution in [-0.4, -0.2) is 30.8 Å². The van der Waals surface area contributed by atoms with Crippen molar-refractivity contribution in [3.63, 3.8) is 0 Å². The smallest absolute Gasteiger partial charge is 0.124 e. The van der Waals surface area contributed by atoms with E-state index >= 15 is 0 Å². The van der Waals surface area contributed by atoms with Crippen LogP contribution in [0.2, 0.25) is 0 Å². The van der Waals surface area contributed by atoms with Crippen LogP contribution in [0.1, 0.15) is 6.42 Å². The summed E-state index contributed by atoms with van der Waals surface area (Å²) in [6, 6.07) is 0. The molecule has 0 bridgehead atoms.